The lowest BCUT2D eigenvalue weighted by molar-refractivity contribution is -0.137. The van der Waals surface area contributed by atoms with Crippen molar-refractivity contribution in [1.29, 1.82) is 0 Å². The predicted molar refractivity (Wildman–Crippen MR) is 94.8 cm³/mol. The maximum atomic E-state index is 11.8. The van der Waals surface area contributed by atoms with E-state index in [-0.39, 0.29) is 11.9 Å². The van der Waals surface area contributed by atoms with E-state index in [0.717, 1.165) is 37.0 Å². The van der Waals surface area contributed by atoms with Crippen LogP contribution in [0.3, 0.4) is 0 Å². The standard InChI is InChI=1S/C19H26N2O2/c1-5-10-21(6-2)11-9-15-13-20-18-8-7-16(12-17(15)18)23-19(22)14(3)4/h5,7-8,12-14,20H,1,6,9-11H2,2-4H3. The molecule has 1 N–H and O–H groups in total. The topological polar surface area (TPSA) is 45.3 Å². The summed E-state index contributed by atoms with van der Waals surface area (Å²) in [5.74, 6) is 0.272. The number of rotatable bonds is 8. The number of hydrogen-bond donors (Lipinski definition) is 1. The Bertz CT molecular complexity index is 673. The smallest absolute Gasteiger partial charge is 0.313 e. The van der Waals surface area contributed by atoms with Gasteiger partial charge in [0, 0.05) is 30.2 Å². The van der Waals surface area contributed by atoms with Crippen molar-refractivity contribution >= 4 is 16.9 Å². The zero-order chi connectivity index (χ0) is 16.8. The molecule has 1 aromatic heterocycles. The van der Waals surface area contributed by atoms with E-state index in [1.54, 1.807) is 0 Å². The number of hydrogen-bond acceptors (Lipinski definition) is 3. The van der Waals surface area contributed by atoms with Crippen LogP contribution in [0.1, 0.15) is 26.3 Å². The largest absolute Gasteiger partial charge is 0.426 e. The van der Waals surface area contributed by atoms with Crippen LogP contribution < -0.4 is 4.74 Å². The first-order valence-corrected chi connectivity index (χ1v) is 8.20. The van der Waals surface area contributed by atoms with Gasteiger partial charge < -0.3 is 9.72 Å². The van der Waals surface area contributed by atoms with Crippen LogP contribution in [0, 0.1) is 5.92 Å². The van der Waals surface area contributed by atoms with Crippen molar-refractivity contribution < 1.29 is 9.53 Å². The van der Waals surface area contributed by atoms with E-state index in [0.29, 0.717) is 5.75 Å². The molecule has 0 aliphatic carbocycles. The highest BCUT2D eigenvalue weighted by atomic mass is 16.5. The second-order valence-electron chi connectivity index (χ2n) is 6.03. The Labute approximate surface area is 138 Å². The van der Waals surface area contributed by atoms with Gasteiger partial charge in [-0.15, -0.1) is 6.58 Å². The third-order valence-corrected chi connectivity index (χ3v) is 3.96. The van der Waals surface area contributed by atoms with Crippen molar-refractivity contribution in [3.63, 3.8) is 0 Å². The first-order chi connectivity index (χ1) is 11.0. The SMILES string of the molecule is C=CCN(CC)CCc1c[nH]c2ccc(OC(=O)C(C)C)cc12. The zero-order valence-corrected chi connectivity index (χ0v) is 14.3. The summed E-state index contributed by atoms with van der Waals surface area (Å²) < 4.78 is 5.42. The summed E-state index contributed by atoms with van der Waals surface area (Å²) in [4.78, 5) is 17.4. The molecule has 2 rings (SSSR count). The van der Waals surface area contributed by atoms with E-state index < -0.39 is 0 Å². The molecule has 0 amide bonds. The third kappa shape index (κ3) is 4.45. The van der Waals surface area contributed by atoms with Crippen molar-refractivity contribution in [2.24, 2.45) is 5.92 Å². The van der Waals surface area contributed by atoms with Crippen LogP contribution in [0.15, 0.2) is 37.1 Å². The van der Waals surface area contributed by atoms with E-state index in [2.05, 4.69) is 23.4 Å². The van der Waals surface area contributed by atoms with Gasteiger partial charge in [-0.05, 0) is 36.7 Å². The number of carbonyl (C=O) groups is 1. The van der Waals surface area contributed by atoms with Gasteiger partial charge in [0.25, 0.3) is 0 Å². The van der Waals surface area contributed by atoms with Crippen molar-refractivity contribution in [2.75, 3.05) is 19.6 Å². The molecule has 4 heteroatoms. The number of carbonyl (C=O) groups excluding carboxylic acids is 1. The molecule has 0 saturated carbocycles. The third-order valence-electron chi connectivity index (χ3n) is 3.96. The zero-order valence-electron chi connectivity index (χ0n) is 14.3. The minimum atomic E-state index is -0.204. The summed E-state index contributed by atoms with van der Waals surface area (Å²) in [6.07, 6.45) is 4.92. The fourth-order valence-corrected chi connectivity index (χ4v) is 2.50. The van der Waals surface area contributed by atoms with Gasteiger partial charge in [0.2, 0.25) is 0 Å². The number of nitrogens with zero attached hydrogens (tertiary/aromatic N) is 1. The average Bonchev–Trinajstić information content (AvgIpc) is 2.93. The van der Waals surface area contributed by atoms with Crippen LogP contribution in [-0.4, -0.2) is 35.5 Å². The minimum Gasteiger partial charge on any atom is -0.426 e. The molecule has 0 bridgehead atoms. The van der Waals surface area contributed by atoms with Crippen molar-refractivity contribution in [1.82, 2.24) is 9.88 Å². The van der Waals surface area contributed by atoms with E-state index in [1.807, 2.05) is 44.3 Å². The average molecular weight is 314 g/mol. The highest BCUT2D eigenvalue weighted by Gasteiger charge is 2.12. The molecule has 23 heavy (non-hydrogen) atoms. The van der Waals surface area contributed by atoms with Gasteiger partial charge in [-0.3, -0.25) is 9.69 Å². The number of likely N-dealkylation sites (N-methyl/N-ethyl adjacent to an activating group) is 1. The van der Waals surface area contributed by atoms with E-state index >= 15 is 0 Å². The second kappa shape index (κ2) is 7.97. The van der Waals surface area contributed by atoms with E-state index in [4.69, 9.17) is 4.74 Å². The highest BCUT2D eigenvalue weighted by molar-refractivity contribution is 5.85. The van der Waals surface area contributed by atoms with Crippen LogP contribution in [0.2, 0.25) is 0 Å². The highest BCUT2D eigenvalue weighted by Crippen LogP contribution is 2.25. The number of aromatic nitrogens is 1. The molecule has 2 aromatic rings. The predicted octanol–water partition coefficient (Wildman–Crippen LogP) is 3.78. The Hall–Kier alpha value is -2.07. The van der Waals surface area contributed by atoms with Crippen molar-refractivity contribution in [2.45, 2.75) is 27.2 Å². The molecule has 0 fully saturated rings. The maximum Gasteiger partial charge on any atom is 0.313 e. The van der Waals surface area contributed by atoms with Gasteiger partial charge in [0.05, 0.1) is 5.92 Å². The molecule has 0 unspecified atom stereocenters. The summed E-state index contributed by atoms with van der Waals surface area (Å²) >= 11 is 0. The lowest BCUT2D eigenvalue weighted by atomic mass is 10.1. The van der Waals surface area contributed by atoms with Gasteiger partial charge >= 0.3 is 5.97 Å². The van der Waals surface area contributed by atoms with Crippen LogP contribution in [0.4, 0.5) is 0 Å². The molecular weight excluding hydrogens is 288 g/mol. The van der Waals surface area contributed by atoms with Gasteiger partial charge in [0.15, 0.2) is 0 Å². The Kier molecular flexibility index (Phi) is 5.99. The molecule has 1 heterocycles. The first-order valence-electron chi connectivity index (χ1n) is 8.20. The minimum absolute atomic E-state index is 0.131. The number of nitrogens with one attached hydrogen (secondary N) is 1. The number of fused-ring (bicyclic) bond motifs is 1. The Morgan fingerprint density at radius 2 is 2.22 bits per heavy atom. The summed E-state index contributed by atoms with van der Waals surface area (Å²) in [6, 6.07) is 5.74. The lowest BCUT2D eigenvalue weighted by Gasteiger charge is -2.17. The van der Waals surface area contributed by atoms with Gasteiger partial charge in [-0.2, -0.15) is 0 Å². The fraction of sp³-hybridized carbons (Fsp3) is 0.421. The number of ether oxygens (including phenoxy) is 1. The van der Waals surface area contributed by atoms with Crippen molar-refractivity contribution in [3.05, 3.63) is 42.6 Å². The summed E-state index contributed by atoms with van der Waals surface area (Å²) in [5.41, 5.74) is 2.31. The molecule has 4 nitrogen and oxygen atoms in total. The molecule has 0 aliphatic heterocycles. The molecule has 0 atom stereocenters. The Balaban J connectivity index is 2.14. The molecule has 0 saturated heterocycles. The normalized spacial score (nSPS) is 11.3. The molecule has 124 valence electrons. The van der Waals surface area contributed by atoms with Gasteiger partial charge in [0.1, 0.15) is 5.75 Å². The van der Waals surface area contributed by atoms with Crippen molar-refractivity contribution in [3.8, 4) is 5.75 Å². The van der Waals surface area contributed by atoms with Gasteiger partial charge in [-0.25, -0.2) is 0 Å². The molecular formula is C19H26N2O2. The fourth-order valence-electron chi connectivity index (χ4n) is 2.50. The van der Waals surface area contributed by atoms with Crippen LogP contribution in [-0.2, 0) is 11.2 Å². The number of aromatic amines is 1. The molecule has 0 radical (unpaired) electrons. The number of esters is 1. The number of benzene rings is 1. The maximum absolute atomic E-state index is 11.8. The van der Waals surface area contributed by atoms with Gasteiger partial charge in [-0.1, -0.05) is 26.8 Å². The monoisotopic (exact) mass is 314 g/mol. The summed E-state index contributed by atoms with van der Waals surface area (Å²) in [6.45, 7) is 12.5. The van der Waals surface area contributed by atoms with E-state index in [1.165, 1.54) is 5.56 Å². The molecule has 0 aliphatic rings. The first kappa shape index (κ1) is 17.3. The second-order valence-corrected chi connectivity index (χ2v) is 6.03. The molecule has 1 aromatic carbocycles. The van der Waals surface area contributed by atoms with Crippen LogP contribution in [0.5, 0.6) is 5.75 Å². The summed E-state index contributed by atoms with van der Waals surface area (Å²) in [5, 5.41) is 1.12. The lowest BCUT2D eigenvalue weighted by Crippen LogP contribution is -2.25. The van der Waals surface area contributed by atoms with E-state index in [9.17, 15) is 4.79 Å². The summed E-state index contributed by atoms with van der Waals surface area (Å²) in [7, 11) is 0. The quantitative estimate of drug-likeness (QED) is 0.458. The molecule has 0 spiro atoms. The van der Waals surface area contributed by atoms with Crippen LogP contribution in [0.25, 0.3) is 10.9 Å². The van der Waals surface area contributed by atoms with Crippen LogP contribution >= 0.6 is 0 Å². The Morgan fingerprint density at radius 1 is 1.43 bits per heavy atom. The Morgan fingerprint density at radius 3 is 2.87 bits per heavy atom. The number of H-pyrrole nitrogens is 1.